The van der Waals surface area contributed by atoms with Gasteiger partial charge in [0, 0.05) is 6.92 Å². The molecule has 7 nitrogen and oxygen atoms in total. The van der Waals surface area contributed by atoms with E-state index < -0.39 is 10.0 Å². The minimum atomic E-state index is -3.71. The molecule has 0 aliphatic rings. The number of aryl methyl sites for hydroxylation is 2. The molecule has 0 aliphatic carbocycles. The summed E-state index contributed by atoms with van der Waals surface area (Å²) in [5.41, 5.74) is 6.50. The number of sulfonamides is 1. The fourth-order valence-corrected chi connectivity index (χ4v) is 3.02. The van der Waals surface area contributed by atoms with Gasteiger partial charge >= 0.3 is 0 Å². The third-order valence-electron chi connectivity index (χ3n) is 2.50. The van der Waals surface area contributed by atoms with Gasteiger partial charge in [-0.25, -0.2) is 13.1 Å². The van der Waals surface area contributed by atoms with Crippen molar-refractivity contribution in [3.63, 3.8) is 0 Å². The van der Waals surface area contributed by atoms with Crippen molar-refractivity contribution in [2.75, 3.05) is 5.73 Å². The summed E-state index contributed by atoms with van der Waals surface area (Å²) in [5, 5.41) is 3.61. The van der Waals surface area contributed by atoms with Crippen LogP contribution in [-0.4, -0.2) is 18.6 Å². The number of nitrogens with two attached hydrogens (primary N) is 1. The number of hydrogen-bond donors (Lipinski definition) is 2. The first-order valence-corrected chi connectivity index (χ1v) is 7.02. The molecular formula is C11H14N4O3S. The number of benzene rings is 1. The molecule has 0 bridgehead atoms. The Labute approximate surface area is 110 Å². The third kappa shape index (κ3) is 2.91. The molecule has 2 aromatic rings. The lowest BCUT2D eigenvalue weighted by molar-refractivity contribution is 0.387. The minimum Gasteiger partial charge on any atom is -0.398 e. The van der Waals surface area contributed by atoms with E-state index >= 15 is 0 Å². The molecule has 1 aromatic carbocycles. The lowest BCUT2D eigenvalue weighted by Gasteiger charge is -2.10. The first-order chi connectivity index (χ1) is 8.90. The molecule has 0 saturated carbocycles. The maximum absolute atomic E-state index is 12.2. The van der Waals surface area contributed by atoms with Crippen LogP contribution in [0.5, 0.6) is 0 Å². The third-order valence-corrected chi connectivity index (χ3v) is 4.12. The summed E-state index contributed by atoms with van der Waals surface area (Å²) < 4.78 is 31.5. The van der Waals surface area contributed by atoms with E-state index in [9.17, 15) is 8.42 Å². The van der Waals surface area contributed by atoms with Gasteiger partial charge in [-0.05, 0) is 18.6 Å². The Morgan fingerprint density at radius 2 is 2.11 bits per heavy atom. The smallest absolute Gasteiger partial charge is 0.243 e. The van der Waals surface area contributed by atoms with Crippen LogP contribution >= 0.6 is 0 Å². The average Bonchev–Trinajstić information content (AvgIpc) is 2.72. The zero-order chi connectivity index (χ0) is 14.0. The van der Waals surface area contributed by atoms with Gasteiger partial charge in [0.05, 0.1) is 12.2 Å². The Bertz CT molecular complexity index is 673. The molecular weight excluding hydrogens is 268 g/mol. The highest BCUT2D eigenvalue weighted by molar-refractivity contribution is 7.89. The van der Waals surface area contributed by atoms with Crippen LogP contribution in [0.15, 0.2) is 27.6 Å². The van der Waals surface area contributed by atoms with E-state index in [4.69, 9.17) is 10.3 Å². The Kier molecular flexibility index (Phi) is 3.54. The molecule has 3 N–H and O–H groups in total. The van der Waals surface area contributed by atoms with E-state index in [2.05, 4.69) is 14.9 Å². The highest BCUT2D eigenvalue weighted by atomic mass is 32.2. The molecule has 0 amide bonds. The van der Waals surface area contributed by atoms with Gasteiger partial charge in [-0.15, -0.1) is 0 Å². The van der Waals surface area contributed by atoms with Crippen LogP contribution in [0.2, 0.25) is 0 Å². The van der Waals surface area contributed by atoms with Gasteiger partial charge in [0.25, 0.3) is 0 Å². The zero-order valence-electron chi connectivity index (χ0n) is 10.5. The molecule has 0 spiro atoms. The maximum Gasteiger partial charge on any atom is 0.243 e. The van der Waals surface area contributed by atoms with Crippen LogP contribution < -0.4 is 10.5 Å². The second kappa shape index (κ2) is 4.98. The van der Waals surface area contributed by atoms with Crippen LogP contribution in [-0.2, 0) is 16.6 Å². The number of nitrogen functional groups attached to an aromatic ring is 1. The van der Waals surface area contributed by atoms with Gasteiger partial charge < -0.3 is 10.3 Å². The number of hydrogen-bond acceptors (Lipinski definition) is 6. The SMILES string of the molecule is Cc1nc(CNS(=O)(=O)c2c(C)cccc2N)no1. The van der Waals surface area contributed by atoms with Gasteiger partial charge in [0.2, 0.25) is 15.9 Å². The quantitative estimate of drug-likeness (QED) is 0.800. The predicted octanol–water partition coefficient (Wildman–Crippen LogP) is 0.747. The zero-order valence-corrected chi connectivity index (χ0v) is 11.4. The van der Waals surface area contributed by atoms with Crippen LogP contribution in [0.4, 0.5) is 5.69 Å². The molecule has 1 heterocycles. The molecule has 2 rings (SSSR count). The second-order valence-electron chi connectivity index (χ2n) is 4.05. The van der Waals surface area contributed by atoms with E-state index in [1.807, 2.05) is 0 Å². The molecule has 19 heavy (non-hydrogen) atoms. The number of nitrogens with one attached hydrogen (secondary N) is 1. The molecule has 0 atom stereocenters. The fraction of sp³-hybridized carbons (Fsp3) is 0.273. The van der Waals surface area contributed by atoms with Crippen LogP contribution in [0.25, 0.3) is 0 Å². The fourth-order valence-electron chi connectivity index (χ4n) is 1.69. The van der Waals surface area contributed by atoms with Crippen molar-refractivity contribution in [2.24, 2.45) is 0 Å². The predicted molar refractivity (Wildman–Crippen MR) is 68.7 cm³/mol. The first kappa shape index (κ1) is 13.5. The summed E-state index contributed by atoms with van der Waals surface area (Å²) in [6.45, 7) is 3.27. The summed E-state index contributed by atoms with van der Waals surface area (Å²) >= 11 is 0. The van der Waals surface area contributed by atoms with Crippen LogP contribution in [0.3, 0.4) is 0 Å². The van der Waals surface area contributed by atoms with Crippen molar-refractivity contribution >= 4 is 15.7 Å². The summed E-state index contributed by atoms with van der Waals surface area (Å²) in [4.78, 5) is 4.00. The minimum absolute atomic E-state index is 0.0482. The second-order valence-corrected chi connectivity index (χ2v) is 5.75. The number of anilines is 1. The topological polar surface area (TPSA) is 111 Å². The Morgan fingerprint density at radius 3 is 2.68 bits per heavy atom. The number of nitrogens with zero attached hydrogens (tertiary/aromatic N) is 2. The molecule has 0 unspecified atom stereocenters. The first-order valence-electron chi connectivity index (χ1n) is 5.54. The Morgan fingerprint density at radius 1 is 1.37 bits per heavy atom. The van der Waals surface area contributed by atoms with Gasteiger partial charge in [0.1, 0.15) is 4.90 Å². The summed E-state index contributed by atoms with van der Waals surface area (Å²) in [6.07, 6.45) is 0. The van der Waals surface area contributed by atoms with Gasteiger partial charge in [-0.1, -0.05) is 17.3 Å². The normalized spacial score (nSPS) is 11.7. The van der Waals surface area contributed by atoms with Gasteiger partial charge in [-0.3, -0.25) is 0 Å². The summed E-state index contributed by atoms with van der Waals surface area (Å²) in [5.74, 6) is 0.651. The lowest BCUT2D eigenvalue weighted by Crippen LogP contribution is -2.25. The van der Waals surface area contributed by atoms with E-state index in [0.717, 1.165) is 0 Å². The lowest BCUT2D eigenvalue weighted by atomic mass is 10.2. The number of rotatable bonds is 4. The Hall–Kier alpha value is -1.93. The van der Waals surface area contributed by atoms with Crippen molar-refractivity contribution in [1.82, 2.24) is 14.9 Å². The van der Waals surface area contributed by atoms with Gasteiger partial charge in [-0.2, -0.15) is 4.98 Å². The largest absolute Gasteiger partial charge is 0.398 e. The van der Waals surface area contributed by atoms with Crippen molar-refractivity contribution in [3.05, 3.63) is 35.5 Å². The molecule has 0 saturated heterocycles. The Balaban J connectivity index is 2.23. The standard InChI is InChI=1S/C11H14N4O3S/c1-7-4-3-5-9(12)11(7)19(16,17)13-6-10-14-8(2)18-15-10/h3-5,13H,6,12H2,1-2H3. The van der Waals surface area contributed by atoms with E-state index in [1.54, 1.807) is 32.0 Å². The van der Waals surface area contributed by atoms with Crippen LogP contribution in [0.1, 0.15) is 17.3 Å². The highest BCUT2D eigenvalue weighted by Gasteiger charge is 2.20. The molecule has 102 valence electrons. The summed E-state index contributed by atoms with van der Waals surface area (Å²) in [7, 11) is -3.71. The summed E-state index contributed by atoms with van der Waals surface area (Å²) in [6, 6.07) is 4.93. The van der Waals surface area contributed by atoms with Crippen molar-refractivity contribution in [1.29, 1.82) is 0 Å². The molecule has 0 fully saturated rings. The molecule has 0 radical (unpaired) electrons. The molecule has 1 aromatic heterocycles. The molecule has 8 heteroatoms. The molecule has 0 aliphatic heterocycles. The van der Waals surface area contributed by atoms with E-state index in [0.29, 0.717) is 11.5 Å². The average molecular weight is 282 g/mol. The van der Waals surface area contributed by atoms with Crippen molar-refractivity contribution in [3.8, 4) is 0 Å². The maximum atomic E-state index is 12.2. The number of aromatic nitrogens is 2. The van der Waals surface area contributed by atoms with Crippen molar-refractivity contribution < 1.29 is 12.9 Å². The van der Waals surface area contributed by atoms with Crippen LogP contribution in [0, 0.1) is 13.8 Å². The highest BCUT2D eigenvalue weighted by Crippen LogP contribution is 2.21. The van der Waals surface area contributed by atoms with Gasteiger partial charge in [0.15, 0.2) is 5.82 Å². The monoisotopic (exact) mass is 282 g/mol. The van der Waals surface area contributed by atoms with E-state index in [-0.39, 0.29) is 23.0 Å². The van der Waals surface area contributed by atoms with Crippen molar-refractivity contribution in [2.45, 2.75) is 25.3 Å². The van der Waals surface area contributed by atoms with E-state index in [1.165, 1.54) is 0 Å².